The number of carboxylic acids is 1. The number of rotatable bonds is 4. The third kappa shape index (κ3) is 2.10. The molecular weight excluding hydrogens is 162 g/mol. The standard InChI is InChI=1S/C7H13NO2S/c1-11-6(4-2-3-4)5(8)7(9)10/h4-6H,2-3,8H2,1H3,(H,9,10). The molecule has 0 saturated heterocycles. The van der Waals surface area contributed by atoms with Crippen molar-refractivity contribution >= 4 is 17.7 Å². The summed E-state index contributed by atoms with van der Waals surface area (Å²) >= 11 is 1.57. The van der Waals surface area contributed by atoms with Gasteiger partial charge in [0.05, 0.1) is 0 Å². The number of hydrogen-bond donors (Lipinski definition) is 2. The largest absolute Gasteiger partial charge is 0.480 e. The molecule has 0 aromatic heterocycles. The number of nitrogens with two attached hydrogens (primary N) is 1. The van der Waals surface area contributed by atoms with E-state index in [1.807, 2.05) is 6.26 Å². The maximum absolute atomic E-state index is 10.5. The van der Waals surface area contributed by atoms with E-state index in [0.717, 1.165) is 12.8 Å². The van der Waals surface area contributed by atoms with E-state index in [-0.39, 0.29) is 5.25 Å². The van der Waals surface area contributed by atoms with E-state index in [4.69, 9.17) is 10.8 Å². The molecule has 0 bridgehead atoms. The van der Waals surface area contributed by atoms with Crippen LogP contribution in [0.2, 0.25) is 0 Å². The quantitative estimate of drug-likeness (QED) is 0.654. The molecule has 0 aliphatic heterocycles. The lowest BCUT2D eigenvalue weighted by atomic mass is 10.1. The SMILES string of the molecule is CSC(C1CC1)C(N)C(=O)O. The topological polar surface area (TPSA) is 63.3 Å². The minimum Gasteiger partial charge on any atom is -0.480 e. The van der Waals surface area contributed by atoms with Crippen LogP contribution in [0.25, 0.3) is 0 Å². The van der Waals surface area contributed by atoms with Crippen LogP contribution in [0.4, 0.5) is 0 Å². The van der Waals surface area contributed by atoms with Crippen molar-refractivity contribution in [3.8, 4) is 0 Å². The highest BCUT2D eigenvalue weighted by molar-refractivity contribution is 7.99. The zero-order valence-electron chi connectivity index (χ0n) is 6.49. The van der Waals surface area contributed by atoms with Gasteiger partial charge in [0, 0.05) is 5.25 Å². The molecule has 2 atom stereocenters. The van der Waals surface area contributed by atoms with Crippen molar-refractivity contribution in [2.45, 2.75) is 24.1 Å². The van der Waals surface area contributed by atoms with Gasteiger partial charge >= 0.3 is 5.97 Å². The maximum Gasteiger partial charge on any atom is 0.321 e. The number of hydrogen-bond acceptors (Lipinski definition) is 3. The Morgan fingerprint density at radius 2 is 2.27 bits per heavy atom. The molecule has 3 N–H and O–H groups in total. The molecule has 0 amide bonds. The number of carbonyl (C=O) groups is 1. The van der Waals surface area contributed by atoms with Gasteiger partial charge in [-0.2, -0.15) is 11.8 Å². The Kier molecular flexibility index (Phi) is 2.78. The second kappa shape index (κ2) is 3.45. The average Bonchev–Trinajstić information content (AvgIpc) is 2.72. The lowest BCUT2D eigenvalue weighted by Gasteiger charge is -2.17. The van der Waals surface area contributed by atoms with E-state index in [1.54, 1.807) is 11.8 Å². The number of thioether (sulfide) groups is 1. The summed E-state index contributed by atoms with van der Waals surface area (Å²) in [6.07, 6.45) is 4.21. The van der Waals surface area contributed by atoms with E-state index >= 15 is 0 Å². The minimum atomic E-state index is -0.878. The van der Waals surface area contributed by atoms with E-state index in [1.165, 1.54) is 0 Å². The van der Waals surface area contributed by atoms with Crippen molar-refractivity contribution < 1.29 is 9.90 Å². The van der Waals surface area contributed by atoms with Gasteiger partial charge in [-0.05, 0) is 25.0 Å². The van der Waals surface area contributed by atoms with E-state index in [2.05, 4.69) is 0 Å². The van der Waals surface area contributed by atoms with Gasteiger partial charge < -0.3 is 10.8 Å². The molecule has 0 heterocycles. The van der Waals surface area contributed by atoms with Crippen LogP contribution < -0.4 is 5.73 Å². The van der Waals surface area contributed by atoms with Crippen LogP contribution in [0, 0.1) is 5.92 Å². The molecule has 4 heteroatoms. The third-order valence-corrected chi connectivity index (χ3v) is 3.22. The molecule has 3 nitrogen and oxygen atoms in total. The molecule has 1 aliphatic rings. The summed E-state index contributed by atoms with van der Waals surface area (Å²) in [5.41, 5.74) is 5.49. The van der Waals surface area contributed by atoms with E-state index in [0.29, 0.717) is 5.92 Å². The Balaban J connectivity index is 2.45. The Labute approximate surface area is 70.3 Å². The molecule has 1 fully saturated rings. The van der Waals surface area contributed by atoms with Crippen LogP contribution in [0.15, 0.2) is 0 Å². The lowest BCUT2D eigenvalue weighted by Crippen LogP contribution is -2.41. The smallest absolute Gasteiger partial charge is 0.321 e. The number of carboxylic acid groups (broad SMARTS) is 1. The first-order valence-corrected chi connectivity index (χ1v) is 4.96. The molecule has 0 aromatic carbocycles. The first-order valence-electron chi connectivity index (χ1n) is 3.68. The summed E-state index contributed by atoms with van der Waals surface area (Å²) in [6, 6.07) is -0.683. The van der Waals surface area contributed by atoms with Crippen molar-refractivity contribution in [2.75, 3.05) is 6.26 Å². The lowest BCUT2D eigenvalue weighted by molar-refractivity contribution is -0.138. The summed E-state index contributed by atoms with van der Waals surface area (Å²) in [6.45, 7) is 0. The summed E-state index contributed by atoms with van der Waals surface area (Å²) in [5, 5.41) is 8.74. The van der Waals surface area contributed by atoms with Gasteiger partial charge in [0.25, 0.3) is 0 Å². The van der Waals surface area contributed by atoms with E-state index in [9.17, 15) is 4.79 Å². The minimum absolute atomic E-state index is 0.118. The average molecular weight is 175 g/mol. The molecule has 2 unspecified atom stereocenters. The van der Waals surface area contributed by atoms with Gasteiger partial charge in [0.2, 0.25) is 0 Å². The van der Waals surface area contributed by atoms with Crippen LogP contribution in [-0.4, -0.2) is 28.6 Å². The van der Waals surface area contributed by atoms with Crippen LogP contribution in [0.3, 0.4) is 0 Å². The van der Waals surface area contributed by atoms with Gasteiger partial charge in [-0.3, -0.25) is 4.79 Å². The fraction of sp³-hybridized carbons (Fsp3) is 0.857. The first kappa shape index (κ1) is 8.87. The maximum atomic E-state index is 10.5. The fourth-order valence-electron chi connectivity index (χ4n) is 1.20. The molecule has 0 aromatic rings. The molecule has 1 rings (SSSR count). The van der Waals surface area contributed by atoms with Crippen LogP contribution in [0.1, 0.15) is 12.8 Å². The first-order chi connectivity index (χ1) is 5.16. The van der Waals surface area contributed by atoms with Crippen LogP contribution in [-0.2, 0) is 4.79 Å². The van der Waals surface area contributed by atoms with Crippen molar-refractivity contribution in [1.82, 2.24) is 0 Å². The van der Waals surface area contributed by atoms with Gasteiger partial charge in [0.15, 0.2) is 0 Å². The van der Waals surface area contributed by atoms with Gasteiger partial charge in [-0.1, -0.05) is 0 Å². The van der Waals surface area contributed by atoms with Crippen molar-refractivity contribution in [1.29, 1.82) is 0 Å². The molecule has 1 saturated carbocycles. The van der Waals surface area contributed by atoms with Crippen molar-refractivity contribution in [3.63, 3.8) is 0 Å². The van der Waals surface area contributed by atoms with Gasteiger partial charge in [-0.25, -0.2) is 0 Å². The Morgan fingerprint density at radius 1 is 1.73 bits per heavy atom. The van der Waals surface area contributed by atoms with Crippen molar-refractivity contribution in [3.05, 3.63) is 0 Å². The Bertz CT molecular complexity index is 159. The number of aliphatic carboxylic acids is 1. The molecule has 0 radical (unpaired) electrons. The zero-order chi connectivity index (χ0) is 8.43. The summed E-state index contributed by atoms with van der Waals surface area (Å²) < 4.78 is 0. The molecular formula is C7H13NO2S. The molecule has 0 spiro atoms. The second-order valence-electron chi connectivity index (χ2n) is 2.90. The second-order valence-corrected chi connectivity index (χ2v) is 3.92. The zero-order valence-corrected chi connectivity index (χ0v) is 7.30. The summed E-state index contributed by atoms with van der Waals surface area (Å²) in [7, 11) is 0. The predicted molar refractivity (Wildman–Crippen MR) is 45.6 cm³/mol. The van der Waals surface area contributed by atoms with E-state index < -0.39 is 12.0 Å². The van der Waals surface area contributed by atoms with Gasteiger partial charge in [0.1, 0.15) is 6.04 Å². The summed E-state index contributed by atoms with van der Waals surface area (Å²) in [4.78, 5) is 10.5. The third-order valence-electron chi connectivity index (χ3n) is 2.00. The Hall–Kier alpha value is -0.220. The fourth-order valence-corrected chi connectivity index (χ4v) is 2.26. The normalized spacial score (nSPS) is 22.7. The monoisotopic (exact) mass is 175 g/mol. The highest BCUT2D eigenvalue weighted by Crippen LogP contribution is 2.39. The summed E-state index contributed by atoms with van der Waals surface area (Å²) in [5.74, 6) is -0.327. The predicted octanol–water partition coefficient (Wildman–Crippen LogP) is 0.540. The molecule has 1 aliphatic carbocycles. The van der Waals surface area contributed by atoms with Gasteiger partial charge in [-0.15, -0.1) is 0 Å². The van der Waals surface area contributed by atoms with Crippen LogP contribution in [0.5, 0.6) is 0 Å². The molecule has 64 valence electrons. The highest BCUT2D eigenvalue weighted by atomic mass is 32.2. The highest BCUT2D eigenvalue weighted by Gasteiger charge is 2.37. The van der Waals surface area contributed by atoms with Crippen molar-refractivity contribution in [2.24, 2.45) is 11.7 Å². The Morgan fingerprint density at radius 3 is 2.55 bits per heavy atom. The van der Waals surface area contributed by atoms with Crippen LogP contribution >= 0.6 is 11.8 Å². The molecule has 11 heavy (non-hydrogen) atoms.